The summed E-state index contributed by atoms with van der Waals surface area (Å²) >= 11 is 0. The van der Waals surface area contributed by atoms with Crippen LogP contribution in [0.1, 0.15) is 42.7 Å². The van der Waals surface area contributed by atoms with Gasteiger partial charge in [0.05, 0.1) is 17.3 Å². The summed E-state index contributed by atoms with van der Waals surface area (Å²) in [5.41, 5.74) is 4.65. The molecule has 1 amide bonds. The van der Waals surface area contributed by atoms with E-state index >= 15 is 0 Å². The molecule has 0 aromatic heterocycles. The van der Waals surface area contributed by atoms with E-state index in [0.717, 1.165) is 43.7 Å². The van der Waals surface area contributed by atoms with Crippen molar-refractivity contribution in [1.82, 2.24) is 0 Å². The van der Waals surface area contributed by atoms with Gasteiger partial charge < -0.3 is 15.3 Å². The number of para-hydroxylation sites is 2. The minimum absolute atomic E-state index is 0.0263. The second-order valence-electron chi connectivity index (χ2n) is 7.65. The molecule has 31 heavy (non-hydrogen) atoms. The molecule has 0 saturated carbocycles. The van der Waals surface area contributed by atoms with Crippen molar-refractivity contribution in [2.24, 2.45) is 0 Å². The zero-order valence-electron chi connectivity index (χ0n) is 17.0. The third-order valence-corrected chi connectivity index (χ3v) is 5.54. The number of fused-ring (bicyclic) bond motifs is 1. The van der Waals surface area contributed by atoms with Gasteiger partial charge in [0.15, 0.2) is 0 Å². The lowest BCUT2D eigenvalue weighted by Crippen LogP contribution is -2.26. The van der Waals surface area contributed by atoms with Crippen molar-refractivity contribution >= 4 is 23.3 Å². The number of carbonyl (C=O) groups excluding carboxylic acids is 1. The van der Waals surface area contributed by atoms with Gasteiger partial charge in [-0.2, -0.15) is 13.2 Å². The molecule has 166 valence electrons. The monoisotopic (exact) mass is 434 g/mol. The van der Waals surface area contributed by atoms with Crippen molar-refractivity contribution in [3.63, 3.8) is 0 Å². The summed E-state index contributed by atoms with van der Waals surface area (Å²) in [5, 5.41) is 10.3. The summed E-state index contributed by atoms with van der Waals surface area (Å²) in [6.45, 7) is 2.16. The van der Waals surface area contributed by atoms with E-state index in [4.69, 9.17) is 9.90 Å². The molecule has 1 fully saturated rings. The Kier molecular flexibility index (Phi) is 7.20. The number of nitrogens with one attached hydrogen (secondary N) is 1. The second-order valence-corrected chi connectivity index (χ2v) is 7.65. The number of alkyl halides is 3. The molecule has 8 heteroatoms. The van der Waals surface area contributed by atoms with E-state index < -0.39 is 12.1 Å². The number of carboxylic acids is 1. The smallest absolute Gasteiger partial charge is 0.475 e. The molecule has 2 aromatic carbocycles. The lowest BCUT2D eigenvalue weighted by Gasteiger charge is -2.26. The van der Waals surface area contributed by atoms with Gasteiger partial charge in [-0.15, -0.1) is 0 Å². The highest BCUT2D eigenvalue weighted by Gasteiger charge is 2.38. The molecule has 0 radical (unpaired) electrons. The van der Waals surface area contributed by atoms with Gasteiger partial charge in [-0.25, -0.2) is 4.79 Å². The van der Waals surface area contributed by atoms with Crippen molar-refractivity contribution in [1.29, 1.82) is 0 Å². The number of aryl methyl sites for hydroxylation is 1. The average molecular weight is 434 g/mol. The van der Waals surface area contributed by atoms with Gasteiger partial charge >= 0.3 is 12.1 Å². The van der Waals surface area contributed by atoms with Crippen LogP contribution in [0.4, 0.5) is 24.5 Å². The summed E-state index contributed by atoms with van der Waals surface area (Å²) in [4.78, 5) is 24.2. The molecule has 0 unspecified atom stereocenters. The lowest BCUT2D eigenvalue weighted by molar-refractivity contribution is -0.192. The van der Waals surface area contributed by atoms with Gasteiger partial charge in [0.1, 0.15) is 0 Å². The average Bonchev–Trinajstić information content (AvgIpc) is 3.28. The number of hydrogen-bond donors (Lipinski definition) is 2. The van der Waals surface area contributed by atoms with Gasteiger partial charge in [0.2, 0.25) is 5.91 Å². The summed E-state index contributed by atoms with van der Waals surface area (Å²) in [6.07, 6.45) is 0.498. The Morgan fingerprint density at radius 1 is 0.968 bits per heavy atom. The molecule has 5 nitrogen and oxygen atoms in total. The number of hydrogen-bond acceptors (Lipinski definition) is 3. The van der Waals surface area contributed by atoms with Gasteiger partial charge in [-0.3, -0.25) is 4.79 Å². The highest BCUT2D eigenvalue weighted by Crippen LogP contribution is 2.34. The Balaban J connectivity index is 0.000000339. The number of rotatable bonds is 3. The Bertz CT molecular complexity index is 924. The minimum atomic E-state index is -5.08. The van der Waals surface area contributed by atoms with Crippen LogP contribution in [-0.4, -0.2) is 36.2 Å². The third kappa shape index (κ3) is 5.77. The minimum Gasteiger partial charge on any atom is -0.475 e. The van der Waals surface area contributed by atoms with E-state index in [9.17, 15) is 18.0 Å². The Labute approximate surface area is 178 Å². The zero-order valence-corrected chi connectivity index (χ0v) is 17.0. The maximum absolute atomic E-state index is 13.0. The van der Waals surface area contributed by atoms with Crippen LogP contribution in [0.15, 0.2) is 48.5 Å². The number of nitrogens with zero attached hydrogens (tertiary/aromatic N) is 1. The molecule has 2 aliphatic rings. The first-order valence-electron chi connectivity index (χ1n) is 10.3. The Hall–Kier alpha value is -3.03. The van der Waals surface area contributed by atoms with Gasteiger partial charge in [0, 0.05) is 13.1 Å². The van der Waals surface area contributed by atoms with Crippen LogP contribution < -0.4 is 10.2 Å². The molecule has 1 aliphatic heterocycles. The van der Waals surface area contributed by atoms with Gasteiger partial charge in [-0.05, 0) is 55.4 Å². The second kappa shape index (κ2) is 9.85. The van der Waals surface area contributed by atoms with Crippen molar-refractivity contribution in [3.8, 4) is 0 Å². The van der Waals surface area contributed by atoms with E-state index in [1.54, 1.807) is 0 Å². The largest absolute Gasteiger partial charge is 0.490 e. The molecule has 1 heterocycles. The molecule has 1 saturated heterocycles. The molecule has 2 N–H and O–H groups in total. The van der Waals surface area contributed by atoms with E-state index in [1.165, 1.54) is 24.0 Å². The van der Waals surface area contributed by atoms with Crippen LogP contribution in [0.2, 0.25) is 0 Å². The number of anilines is 2. The fourth-order valence-electron chi connectivity index (χ4n) is 4.06. The molecular formula is C23H25F3N2O3. The fraction of sp³-hybridized carbons (Fsp3) is 0.391. The first-order chi connectivity index (χ1) is 14.8. The van der Waals surface area contributed by atoms with Crippen LogP contribution in [0.3, 0.4) is 0 Å². The van der Waals surface area contributed by atoms with E-state index in [2.05, 4.69) is 40.5 Å². The zero-order chi connectivity index (χ0) is 22.4. The molecule has 0 spiro atoms. The molecular weight excluding hydrogens is 409 g/mol. The third-order valence-electron chi connectivity index (χ3n) is 5.54. The van der Waals surface area contributed by atoms with Crippen molar-refractivity contribution in [3.05, 3.63) is 59.7 Å². The maximum atomic E-state index is 13.0. The first kappa shape index (κ1) is 22.7. The number of carboxylic acid groups (broad SMARTS) is 1. The van der Waals surface area contributed by atoms with Gasteiger partial charge in [0.25, 0.3) is 0 Å². The predicted molar refractivity (Wildman–Crippen MR) is 112 cm³/mol. The van der Waals surface area contributed by atoms with E-state index in [0.29, 0.717) is 0 Å². The van der Waals surface area contributed by atoms with Crippen LogP contribution in [0.5, 0.6) is 0 Å². The van der Waals surface area contributed by atoms with Crippen LogP contribution in [-0.2, 0) is 16.0 Å². The number of carbonyl (C=O) groups is 2. The molecule has 1 atom stereocenters. The number of amides is 1. The number of aliphatic carboxylic acids is 1. The number of benzene rings is 2. The van der Waals surface area contributed by atoms with E-state index in [1.807, 2.05) is 18.2 Å². The predicted octanol–water partition coefficient (Wildman–Crippen LogP) is 4.98. The lowest BCUT2D eigenvalue weighted by atomic mass is 9.82. The van der Waals surface area contributed by atoms with Crippen LogP contribution >= 0.6 is 0 Å². The van der Waals surface area contributed by atoms with Crippen LogP contribution in [0, 0.1) is 0 Å². The Morgan fingerprint density at radius 2 is 1.58 bits per heavy atom. The highest BCUT2D eigenvalue weighted by molar-refractivity contribution is 5.98. The SMILES string of the molecule is O=C(Nc1ccccc1N1CCCC1)[C@H]1CCCc2ccccc21.O=C(O)C(F)(F)F. The van der Waals surface area contributed by atoms with Crippen molar-refractivity contribution < 1.29 is 27.9 Å². The normalized spacial score (nSPS) is 17.9. The molecule has 4 rings (SSSR count). The number of halogens is 3. The topological polar surface area (TPSA) is 69.6 Å². The molecule has 1 aliphatic carbocycles. The quantitative estimate of drug-likeness (QED) is 0.715. The van der Waals surface area contributed by atoms with Crippen LogP contribution in [0.25, 0.3) is 0 Å². The standard InChI is InChI=1S/C21H24N2O.C2HF3O2/c24-21(18-11-7-9-16-8-1-2-10-17(16)18)22-19-12-3-4-13-20(19)23-14-5-6-15-23;3-2(4,5)1(6)7/h1-4,8,10,12-13,18H,5-7,9,11,14-15H2,(H,22,24);(H,6,7)/t18-;/m0./s1. The summed E-state index contributed by atoms with van der Waals surface area (Å²) in [6, 6.07) is 16.6. The van der Waals surface area contributed by atoms with Gasteiger partial charge in [-0.1, -0.05) is 36.4 Å². The highest BCUT2D eigenvalue weighted by atomic mass is 19.4. The fourth-order valence-corrected chi connectivity index (χ4v) is 4.06. The summed E-state index contributed by atoms with van der Waals surface area (Å²) < 4.78 is 31.7. The summed E-state index contributed by atoms with van der Waals surface area (Å²) in [7, 11) is 0. The maximum Gasteiger partial charge on any atom is 0.490 e. The summed E-state index contributed by atoms with van der Waals surface area (Å²) in [5.74, 6) is -2.65. The van der Waals surface area contributed by atoms with Crippen molar-refractivity contribution in [2.75, 3.05) is 23.3 Å². The molecule has 0 bridgehead atoms. The first-order valence-corrected chi connectivity index (χ1v) is 10.3. The van der Waals surface area contributed by atoms with Crippen molar-refractivity contribution in [2.45, 2.75) is 44.2 Å². The van der Waals surface area contributed by atoms with E-state index in [-0.39, 0.29) is 11.8 Å². The Morgan fingerprint density at radius 3 is 2.26 bits per heavy atom. The molecule has 2 aromatic rings.